The minimum Gasteiger partial charge on any atom is -0.344 e. The first-order chi connectivity index (χ1) is 13.7. The molecule has 0 spiro atoms. The molecule has 28 heavy (non-hydrogen) atoms. The second-order valence-corrected chi connectivity index (χ2v) is 6.53. The summed E-state index contributed by atoms with van der Waals surface area (Å²) in [7, 11) is 0. The van der Waals surface area contributed by atoms with Gasteiger partial charge < -0.3 is 9.88 Å². The molecule has 4 aromatic rings. The predicted octanol–water partition coefficient (Wildman–Crippen LogP) is 4.13. The van der Waals surface area contributed by atoms with Crippen LogP contribution in [0.5, 0.6) is 0 Å². The summed E-state index contributed by atoms with van der Waals surface area (Å²) in [6.07, 6.45) is 6.05. The highest BCUT2D eigenvalue weighted by atomic mass is 19.1. The van der Waals surface area contributed by atoms with Crippen molar-refractivity contribution >= 4 is 16.8 Å². The van der Waals surface area contributed by atoms with Crippen molar-refractivity contribution in [2.75, 3.05) is 0 Å². The zero-order chi connectivity index (χ0) is 19.3. The Balaban J connectivity index is 1.57. The van der Waals surface area contributed by atoms with E-state index in [4.69, 9.17) is 0 Å². The van der Waals surface area contributed by atoms with E-state index in [1.54, 1.807) is 36.8 Å². The van der Waals surface area contributed by atoms with Crippen LogP contribution in [0.3, 0.4) is 0 Å². The second-order valence-electron chi connectivity index (χ2n) is 6.53. The number of hydrogen-bond acceptors (Lipinski definition) is 3. The topological polar surface area (TPSA) is 59.8 Å². The number of nitrogens with one attached hydrogen (secondary N) is 1. The number of aromatic nitrogens is 3. The first kappa shape index (κ1) is 17.9. The monoisotopic (exact) mass is 374 g/mol. The van der Waals surface area contributed by atoms with Gasteiger partial charge in [-0.15, -0.1) is 0 Å². The molecule has 0 aliphatic rings. The second kappa shape index (κ2) is 8.00. The van der Waals surface area contributed by atoms with Crippen LogP contribution in [0, 0.1) is 5.82 Å². The lowest BCUT2D eigenvalue weighted by Crippen LogP contribution is -2.30. The highest BCUT2D eigenvalue weighted by molar-refractivity contribution is 5.95. The average Bonchev–Trinajstić information content (AvgIpc) is 3.25. The average molecular weight is 374 g/mol. The SMILES string of the molecule is O=C(NC(CCn1ccnc1)c1ccccc1)c1ccc2cccc(F)c2n1. The number of carbonyl (C=O) groups excluding carboxylic acids is 1. The normalized spacial score (nSPS) is 12.0. The molecule has 140 valence electrons. The number of imidazole rings is 1. The van der Waals surface area contributed by atoms with Crippen molar-refractivity contribution in [3.05, 3.63) is 96.5 Å². The van der Waals surface area contributed by atoms with Gasteiger partial charge in [0.25, 0.3) is 5.91 Å². The molecule has 0 radical (unpaired) electrons. The molecule has 0 aliphatic carbocycles. The highest BCUT2D eigenvalue weighted by Gasteiger charge is 2.17. The molecule has 6 heteroatoms. The summed E-state index contributed by atoms with van der Waals surface area (Å²) in [4.78, 5) is 21.1. The maximum Gasteiger partial charge on any atom is 0.270 e. The Labute approximate surface area is 161 Å². The van der Waals surface area contributed by atoms with Crippen LogP contribution < -0.4 is 5.32 Å². The van der Waals surface area contributed by atoms with Crippen LogP contribution in [0.1, 0.15) is 28.5 Å². The third kappa shape index (κ3) is 3.91. The van der Waals surface area contributed by atoms with Crippen molar-refractivity contribution in [1.82, 2.24) is 19.9 Å². The van der Waals surface area contributed by atoms with Crippen molar-refractivity contribution < 1.29 is 9.18 Å². The zero-order valence-corrected chi connectivity index (χ0v) is 15.1. The van der Waals surface area contributed by atoms with Crippen LogP contribution in [0.4, 0.5) is 4.39 Å². The summed E-state index contributed by atoms with van der Waals surface area (Å²) in [5.41, 5.74) is 1.40. The molecule has 2 heterocycles. The first-order valence-corrected chi connectivity index (χ1v) is 9.07. The molecule has 2 aromatic carbocycles. The molecule has 1 unspecified atom stereocenters. The maximum absolute atomic E-state index is 14.0. The van der Waals surface area contributed by atoms with Gasteiger partial charge in [-0.2, -0.15) is 0 Å². The largest absolute Gasteiger partial charge is 0.344 e. The smallest absolute Gasteiger partial charge is 0.270 e. The fourth-order valence-electron chi connectivity index (χ4n) is 3.17. The van der Waals surface area contributed by atoms with Crippen LogP contribution in [0.2, 0.25) is 0 Å². The van der Waals surface area contributed by atoms with Crippen molar-refractivity contribution in [3.8, 4) is 0 Å². The molecule has 0 aliphatic heterocycles. The number of fused-ring (bicyclic) bond motifs is 1. The van der Waals surface area contributed by atoms with Gasteiger partial charge in [0.05, 0.1) is 12.4 Å². The Kier molecular flexibility index (Phi) is 5.10. The number of para-hydroxylation sites is 1. The van der Waals surface area contributed by atoms with Gasteiger partial charge >= 0.3 is 0 Å². The Bertz CT molecular complexity index is 1080. The van der Waals surface area contributed by atoms with E-state index in [0.717, 1.165) is 5.56 Å². The number of hydrogen-bond donors (Lipinski definition) is 1. The third-order valence-electron chi connectivity index (χ3n) is 4.65. The van der Waals surface area contributed by atoms with Crippen molar-refractivity contribution in [1.29, 1.82) is 0 Å². The molecule has 0 saturated heterocycles. The fourth-order valence-corrected chi connectivity index (χ4v) is 3.17. The van der Waals surface area contributed by atoms with E-state index in [9.17, 15) is 9.18 Å². The molecule has 0 bridgehead atoms. The van der Waals surface area contributed by atoms with Gasteiger partial charge in [0.1, 0.15) is 17.0 Å². The van der Waals surface area contributed by atoms with Crippen molar-refractivity contribution in [2.45, 2.75) is 19.0 Å². The number of rotatable bonds is 6. The Morgan fingerprint density at radius 2 is 1.93 bits per heavy atom. The number of aryl methyl sites for hydroxylation is 1. The molecule has 0 saturated carbocycles. The molecule has 1 atom stereocenters. The van der Waals surface area contributed by atoms with E-state index < -0.39 is 5.82 Å². The van der Waals surface area contributed by atoms with E-state index in [-0.39, 0.29) is 23.2 Å². The summed E-state index contributed by atoms with van der Waals surface area (Å²) < 4.78 is 16.0. The van der Waals surface area contributed by atoms with E-state index in [2.05, 4.69) is 15.3 Å². The van der Waals surface area contributed by atoms with E-state index in [1.807, 2.05) is 41.1 Å². The van der Waals surface area contributed by atoms with Gasteiger partial charge in [0.2, 0.25) is 0 Å². The quantitative estimate of drug-likeness (QED) is 0.552. The van der Waals surface area contributed by atoms with Crippen molar-refractivity contribution in [2.24, 2.45) is 0 Å². The first-order valence-electron chi connectivity index (χ1n) is 9.07. The summed E-state index contributed by atoms with van der Waals surface area (Å²) in [5, 5.41) is 3.70. The van der Waals surface area contributed by atoms with Crippen LogP contribution in [0.15, 0.2) is 79.4 Å². The van der Waals surface area contributed by atoms with Gasteiger partial charge in [-0.3, -0.25) is 4.79 Å². The lowest BCUT2D eigenvalue weighted by Gasteiger charge is -2.19. The Morgan fingerprint density at radius 1 is 1.07 bits per heavy atom. The van der Waals surface area contributed by atoms with Crippen LogP contribution >= 0.6 is 0 Å². The maximum atomic E-state index is 14.0. The molecular weight excluding hydrogens is 355 g/mol. The Hall–Kier alpha value is -3.54. The fraction of sp³-hybridized carbons (Fsp3) is 0.136. The van der Waals surface area contributed by atoms with Gasteiger partial charge in [0.15, 0.2) is 0 Å². The van der Waals surface area contributed by atoms with Crippen molar-refractivity contribution in [3.63, 3.8) is 0 Å². The number of halogens is 1. The van der Waals surface area contributed by atoms with Gasteiger partial charge in [-0.25, -0.2) is 14.4 Å². The predicted molar refractivity (Wildman–Crippen MR) is 105 cm³/mol. The highest BCUT2D eigenvalue weighted by Crippen LogP contribution is 2.20. The number of benzene rings is 2. The zero-order valence-electron chi connectivity index (χ0n) is 15.1. The van der Waals surface area contributed by atoms with Crippen LogP contribution in [-0.2, 0) is 6.54 Å². The van der Waals surface area contributed by atoms with E-state index in [1.165, 1.54) is 6.07 Å². The van der Waals surface area contributed by atoms with Crippen LogP contribution in [0.25, 0.3) is 10.9 Å². The number of carbonyl (C=O) groups is 1. The molecule has 5 nitrogen and oxygen atoms in total. The number of pyridine rings is 1. The Morgan fingerprint density at radius 3 is 2.71 bits per heavy atom. The minimum atomic E-state index is -0.438. The van der Waals surface area contributed by atoms with E-state index >= 15 is 0 Å². The minimum absolute atomic E-state index is 0.196. The molecule has 2 aromatic heterocycles. The summed E-state index contributed by atoms with van der Waals surface area (Å²) >= 11 is 0. The molecule has 1 amide bonds. The van der Waals surface area contributed by atoms with Gasteiger partial charge in [-0.1, -0.05) is 48.5 Å². The van der Waals surface area contributed by atoms with Crippen LogP contribution in [-0.4, -0.2) is 20.4 Å². The number of nitrogens with zero attached hydrogens (tertiary/aromatic N) is 3. The molecular formula is C22H19FN4O. The van der Waals surface area contributed by atoms with Gasteiger partial charge in [0, 0.05) is 24.3 Å². The summed E-state index contributed by atoms with van der Waals surface area (Å²) in [6, 6.07) is 17.6. The summed E-state index contributed by atoms with van der Waals surface area (Å²) in [5.74, 6) is -0.767. The third-order valence-corrected chi connectivity index (χ3v) is 4.65. The lowest BCUT2D eigenvalue weighted by atomic mass is 10.0. The summed E-state index contributed by atoms with van der Waals surface area (Å²) in [6.45, 7) is 0.708. The molecule has 0 fully saturated rings. The van der Waals surface area contributed by atoms with Gasteiger partial charge in [-0.05, 0) is 24.1 Å². The molecule has 4 rings (SSSR count). The number of amides is 1. The van der Waals surface area contributed by atoms with E-state index in [0.29, 0.717) is 18.4 Å². The standard InChI is InChI=1S/C22H19FN4O/c23-18-8-4-7-17-9-10-20(25-21(17)18)22(28)26-19(16-5-2-1-3-6-16)11-13-27-14-12-24-15-27/h1-10,12,14-15,19H,11,13H2,(H,26,28). The lowest BCUT2D eigenvalue weighted by molar-refractivity contribution is 0.0929. The molecule has 1 N–H and O–H groups in total.